The normalized spacial score (nSPS) is 10.7. The van der Waals surface area contributed by atoms with Crippen LogP contribution in [0.3, 0.4) is 0 Å². The third-order valence-electron chi connectivity index (χ3n) is 2.55. The minimum atomic E-state index is 1.19. The van der Waals surface area contributed by atoms with Crippen LogP contribution in [-0.2, 0) is 0 Å². The molecule has 0 heterocycles. The molecule has 0 radical (unpaired) electrons. The van der Waals surface area contributed by atoms with Gasteiger partial charge in [-0.3, -0.25) is 0 Å². The number of allylic oxidation sites excluding steroid dienone is 4. The SMILES string of the molecule is C=CC=CCCCCCCCCCC=C. The first-order valence-corrected chi connectivity index (χ1v) is 6.30. The van der Waals surface area contributed by atoms with Gasteiger partial charge in [-0.2, -0.15) is 0 Å². The summed E-state index contributed by atoms with van der Waals surface area (Å²) >= 11 is 0. The molecular weight excluding hydrogens is 180 g/mol. The van der Waals surface area contributed by atoms with Gasteiger partial charge in [0, 0.05) is 0 Å². The molecule has 0 amide bonds. The van der Waals surface area contributed by atoms with Crippen LogP contribution < -0.4 is 0 Å². The summed E-state index contributed by atoms with van der Waals surface area (Å²) in [6.07, 6.45) is 20.1. The summed E-state index contributed by atoms with van der Waals surface area (Å²) in [5, 5.41) is 0. The average molecular weight is 206 g/mol. The molecule has 0 fully saturated rings. The Hall–Kier alpha value is -0.780. The molecule has 0 saturated heterocycles. The Morgan fingerprint density at radius 3 is 1.73 bits per heavy atom. The van der Waals surface area contributed by atoms with Gasteiger partial charge in [0.25, 0.3) is 0 Å². The summed E-state index contributed by atoms with van der Waals surface area (Å²) in [6, 6.07) is 0. The van der Waals surface area contributed by atoms with Gasteiger partial charge < -0.3 is 0 Å². The first-order chi connectivity index (χ1) is 7.41. The highest BCUT2D eigenvalue weighted by Gasteiger charge is 1.90. The summed E-state index contributed by atoms with van der Waals surface area (Å²) < 4.78 is 0. The first kappa shape index (κ1) is 14.2. The Balaban J connectivity index is 2.95. The summed E-state index contributed by atoms with van der Waals surface area (Å²) in [6.45, 7) is 7.38. The zero-order valence-electron chi connectivity index (χ0n) is 10.1. The minimum absolute atomic E-state index is 1.19. The van der Waals surface area contributed by atoms with Crippen LogP contribution in [-0.4, -0.2) is 0 Å². The van der Waals surface area contributed by atoms with Gasteiger partial charge in [-0.05, 0) is 25.7 Å². The zero-order valence-corrected chi connectivity index (χ0v) is 10.1. The van der Waals surface area contributed by atoms with E-state index in [-0.39, 0.29) is 0 Å². The van der Waals surface area contributed by atoms with Gasteiger partial charge in [0.2, 0.25) is 0 Å². The predicted molar refractivity (Wildman–Crippen MR) is 71.1 cm³/mol. The molecule has 0 aliphatic heterocycles. The van der Waals surface area contributed by atoms with E-state index in [4.69, 9.17) is 0 Å². The smallest absolute Gasteiger partial charge is 0.0348 e. The molecule has 0 aromatic rings. The molecular formula is C15H26. The molecule has 86 valence electrons. The quantitative estimate of drug-likeness (QED) is 0.240. The second kappa shape index (κ2) is 13.2. The molecule has 0 aliphatic rings. The molecule has 15 heavy (non-hydrogen) atoms. The molecule has 0 rings (SSSR count). The monoisotopic (exact) mass is 206 g/mol. The Bertz CT molecular complexity index is 165. The van der Waals surface area contributed by atoms with Gasteiger partial charge in [0.1, 0.15) is 0 Å². The standard InChI is InChI=1S/C15H26/c1-3-5-7-9-11-13-15-14-12-10-8-6-4-2/h3-5,7H,1-2,6,8-15H2. The highest BCUT2D eigenvalue weighted by molar-refractivity contribution is 4.96. The summed E-state index contributed by atoms with van der Waals surface area (Å²) in [4.78, 5) is 0. The lowest BCUT2D eigenvalue weighted by Gasteiger charge is -1.99. The lowest BCUT2D eigenvalue weighted by molar-refractivity contribution is 0.584. The fraction of sp³-hybridized carbons (Fsp3) is 0.600. The van der Waals surface area contributed by atoms with Crippen molar-refractivity contribution in [3.8, 4) is 0 Å². The maximum atomic E-state index is 3.73. The third-order valence-corrected chi connectivity index (χ3v) is 2.55. The van der Waals surface area contributed by atoms with E-state index in [9.17, 15) is 0 Å². The van der Waals surface area contributed by atoms with E-state index >= 15 is 0 Å². The van der Waals surface area contributed by atoms with E-state index in [2.05, 4.69) is 19.2 Å². The topological polar surface area (TPSA) is 0 Å². The molecule has 0 saturated carbocycles. The van der Waals surface area contributed by atoms with Crippen molar-refractivity contribution in [2.24, 2.45) is 0 Å². The van der Waals surface area contributed by atoms with Crippen molar-refractivity contribution in [1.29, 1.82) is 0 Å². The fourth-order valence-corrected chi connectivity index (χ4v) is 1.63. The lowest BCUT2D eigenvalue weighted by Crippen LogP contribution is -1.80. The number of rotatable bonds is 11. The van der Waals surface area contributed by atoms with Crippen LogP contribution in [0.4, 0.5) is 0 Å². The predicted octanol–water partition coefficient (Wildman–Crippen LogP) is 5.43. The molecule has 0 spiro atoms. The van der Waals surface area contributed by atoms with E-state index in [1.807, 2.05) is 18.2 Å². The van der Waals surface area contributed by atoms with Crippen molar-refractivity contribution in [3.05, 3.63) is 37.5 Å². The number of hydrogen-bond donors (Lipinski definition) is 0. The Labute approximate surface area is 95.8 Å². The van der Waals surface area contributed by atoms with Crippen molar-refractivity contribution in [2.75, 3.05) is 0 Å². The van der Waals surface area contributed by atoms with E-state index in [0.717, 1.165) is 0 Å². The summed E-state index contributed by atoms with van der Waals surface area (Å²) in [5.41, 5.74) is 0. The van der Waals surface area contributed by atoms with Gasteiger partial charge >= 0.3 is 0 Å². The molecule has 0 aromatic carbocycles. The lowest BCUT2D eigenvalue weighted by atomic mass is 10.1. The molecule has 0 heteroatoms. The molecule has 0 aliphatic carbocycles. The van der Waals surface area contributed by atoms with Crippen LogP contribution in [0.5, 0.6) is 0 Å². The van der Waals surface area contributed by atoms with Gasteiger partial charge in [0.05, 0.1) is 0 Å². The van der Waals surface area contributed by atoms with Crippen LogP contribution >= 0.6 is 0 Å². The highest BCUT2D eigenvalue weighted by atomic mass is 14.0. The third kappa shape index (κ3) is 13.2. The second-order valence-corrected chi connectivity index (χ2v) is 4.00. The maximum absolute atomic E-state index is 3.73. The molecule has 0 unspecified atom stereocenters. The average Bonchev–Trinajstić information content (AvgIpc) is 2.26. The zero-order chi connectivity index (χ0) is 11.2. The van der Waals surface area contributed by atoms with Crippen LogP contribution in [0, 0.1) is 0 Å². The van der Waals surface area contributed by atoms with Crippen LogP contribution in [0.15, 0.2) is 37.5 Å². The number of unbranched alkanes of at least 4 members (excludes halogenated alkanes) is 8. The molecule has 0 N–H and O–H groups in total. The second-order valence-electron chi connectivity index (χ2n) is 4.00. The van der Waals surface area contributed by atoms with Gasteiger partial charge in [-0.15, -0.1) is 6.58 Å². The van der Waals surface area contributed by atoms with Gasteiger partial charge in [-0.25, -0.2) is 0 Å². The Morgan fingerprint density at radius 2 is 1.20 bits per heavy atom. The van der Waals surface area contributed by atoms with Gasteiger partial charge in [-0.1, -0.05) is 63.0 Å². The van der Waals surface area contributed by atoms with Crippen LogP contribution in [0.2, 0.25) is 0 Å². The Morgan fingerprint density at radius 1 is 0.667 bits per heavy atom. The molecule has 0 aromatic heterocycles. The summed E-state index contributed by atoms with van der Waals surface area (Å²) in [5.74, 6) is 0. The Kier molecular flexibility index (Phi) is 12.5. The highest BCUT2D eigenvalue weighted by Crippen LogP contribution is 2.09. The number of hydrogen-bond acceptors (Lipinski definition) is 0. The van der Waals surface area contributed by atoms with Gasteiger partial charge in [0.15, 0.2) is 0 Å². The molecule has 0 nitrogen and oxygen atoms in total. The molecule has 0 atom stereocenters. The minimum Gasteiger partial charge on any atom is -0.103 e. The summed E-state index contributed by atoms with van der Waals surface area (Å²) in [7, 11) is 0. The fourth-order valence-electron chi connectivity index (χ4n) is 1.63. The van der Waals surface area contributed by atoms with E-state index in [1.165, 1.54) is 57.8 Å². The van der Waals surface area contributed by atoms with Crippen molar-refractivity contribution in [3.63, 3.8) is 0 Å². The largest absolute Gasteiger partial charge is 0.103 e. The van der Waals surface area contributed by atoms with Crippen molar-refractivity contribution >= 4 is 0 Å². The van der Waals surface area contributed by atoms with E-state index < -0.39 is 0 Å². The van der Waals surface area contributed by atoms with Crippen molar-refractivity contribution in [1.82, 2.24) is 0 Å². The van der Waals surface area contributed by atoms with E-state index in [0.29, 0.717) is 0 Å². The van der Waals surface area contributed by atoms with E-state index in [1.54, 1.807) is 0 Å². The molecule has 0 bridgehead atoms. The maximum Gasteiger partial charge on any atom is -0.0348 e. The van der Waals surface area contributed by atoms with Crippen molar-refractivity contribution < 1.29 is 0 Å². The van der Waals surface area contributed by atoms with Crippen molar-refractivity contribution in [2.45, 2.75) is 57.8 Å². The van der Waals surface area contributed by atoms with Crippen LogP contribution in [0.25, 0.3) is 0 Å². The van der Waals surface area contributed by atoms with Crippen LogP contribution in [0.1, 0.15) is 57.8 Å². The first-order valence-electron chi connectivity index (χ1n) is 6.30.